The molecule has 1 amide bonds. The van der Waals surface area contributed by atoms with Crippen molar-refractivity contribution in [1.82, 2.24) is 5.32 Å². The van der Waals surface area contributed by atoms with E-state index in [1.807, 2.05) is 25.1 Å². The Labute approximate surface area is 125 Å². The van der Waals surface area contributed by atoms with E-state index in [4.69, 9.17) is 9.84 Å². The first-order chi connectivity index (χ1) is 10.2. The Bertz CT molecular complexity index is 551. The van der Waals surface area contributed by atoms with Gasteiger partial charge in [0.05, 0.1) is 19.3 Å². The Morgan fingerprint density at radius 1 is 1.52 bits per heavy atom. The molecule has 0 aromatic heterocycles. The van der Waals surface area contributed by atoms with Crippen LogP contribution in [0.15, 0.2) is 18.2 Å². The summed E-state index contributed by atoms with van der Waals surface area (Å²) in [5.41, 5.74) is 2.35. The molecular formula is C17H21NO3. The zero-order valence-electron chi connectivity index (χ0n) is 12.3. The van der Waals surface area contributed by atoms with Crippen LogP contribution in [0.2, 0.25) is 0 Å². The summed E-state index contributed by atoms with van der Waals surface area (Å²) in [6.07, 6.45) is 2.38. The van der Waals surface area contributed by atoms with Crippen LogP contribution in [0.25, 0.3) is 0 Å². The van der Waals surface area contributed by atoms with Crippen LogP contribution in [0, 0.1) is 18.8 Å². The minimum atomic E-state index is -0.0752. The summed E-state index contributed by atoms with van der Waals surface area (Å²) in [5, 5.41) is 11.8. The van der Waals surface area contributed by atoms with Crippen molar-refractivity contribution in [2.45, 2.75) is 32.2 Å². The quantitative estimate of drug-likeness (QED) is 0.831. The van der Waals surface area contributed by atoms with E-state index in [1.165, 1.54) is 0 Å². The highest BCUT2D eigenvalue weighted by atomic mass is 16.5. The topological polar surface area (TPSA) is 58.6 Å². The number of amides is 1. The molecule has 4 heteroatoms. The fourth-order valence-electron chi connectivity index (χ4n) is 2.35. The van der Waals surface area contributed by atoms with Crippen LogP contribution in [-0.4, -0.2) is 36.9 Å². The van der Waals surface area contributed by atoms with E-state index in [9.17, 15) is 4.79 Å². The number of carbonyl (C=O) groups is 1. The molecule has 4 nitrogen and oxygen atoms in total. The lowest BCUT2D eigenvalue weighted by atomic mass is 10.0. The van der Waals surface area contributed by atoms with Crippen molar-refractivity contribution >= 4 is 5.91 Å². The van der Waals surface area contributed by atoms with Gasteiger partial charge in [0, 0.05) is 24.2 Å². The van der Waals surface area contributed by atoms with Crippen molar-refractivity contribution in [1.29, 1.82) is 0 Å². The van der Waals surface area contributed by atoms with Crippen molar-refractivity contribution in [2.75, 3.05) is 19.8 Å². The second-order valence-corrected chi connectivity index (χ2v) is 5.14. The lowest BCUT2D eigenvalue weighted by Crippen LogP contribution is -2.40. The van der Waals surface area contributed by atoms with Crippen LogP contribution in [0.5, 0.6) is 0 Å². The zero-order chi connectivity index (χ0) is 15.1. The maximum atomic E-state index is 12.4. The lowest BCUT2D eigenvalue weighted by Gasteiger charge is -2.23. The molecule has 0 saturated carbocycles. The monoisotopic (exact) mass is 287 g/mol. The fourth-order valence-corrected chi connectivity index (χ4v) is 2.35. The van der Waals surface area contributed by atoms with Gasteiger partial charge >= 0.3 is 0 Å². The third-order valence-corrected chi connectivity index (χ3v) is 3.53. The SMILES string of the molecule is Cc1c(C#CCCO)cccc1C(=O)NC1CCCOC1. The Morgan fingerprint density at radius 3 is 3.10 bits per heavy atom. The van der Waals surface area contributed by atoms with Crippen LogP contribution >= 0.6 is 0 Å². The van der Waals surface area contributed by atoms with Crippen LogP contribution in [0.4, 0.5) is 0 Å². The molecule has 1 aliphatic rings. The van der Waals surface area contributed by atoms with Crippen LogP contribution in [0.1, 0.15) is 40.7 Å². The molecule has 21 heavy (non-hydrogen) atoms. The molecular weight excluding hydrogens is 266 g/mol. The molecule has 2 rings (SSSR count). The maximum absolute atomic E-state index is 12.4. The Morgan fingerprint density at radius 2 is 2.38 bits per heavy atom. The van der Waals surface area contributed by atoms with Gasteiger partial charge in [-0.3, -0.25) is 4.79 Å². The number of hydrogen-bond donors (Lipinski definition) is 2. The highest BCUT2D eigenvalue weighted by Gasteiger charge is 2.18. The predicted molar refractivity (Wildman–Crippen MR) is 81.1 cm³/mol. The van der Waals surface area contributed by atoms with E-state index in [0.29, 0.717) is 18.6 Å². The fraction of sp³-hybridized carbons (Fsp3) is 0.471. The van der Waals surface area contributed by atoms with Gasteiger partial charge in [-0.2, -0.15) is 0 Å². The summed E-state index contributed by atoms with van der Waals surface area (Å²) in [6, 6.07) is 5.63. The van der Waals surface area contributed by atoms with Gasteiger partial charge in [-0.05, 0) is 37.5 Å². The summed E-state index contributed by atoms with van der Waals surface area (Å²) in [7, 11) is 0. The van der Waals surface area contributed by atoms with Crippen molar-refractivity contribution in [2.24, 2.45) is 0 Å². The van der Waals surface area contributed by atoms with Crippen LogP contribution in [0.3, 0.4) is 0 Å². The first-order valence-corrected chi connectivity index (χ1v) is 7.30. The van der Waals surface area contributed by atoms with Crippen molar-refractivity contribution in [3.8, 4) is 11.8 Å². The van der Waals surface area contributed by atoms with Gasteiger partial charge in [-0.15, -0.1) is 0 Å². The molecule has 112 valence electrons. The largest absolute Gasteiger partial charge is 0.395 e. The lowest BCUT2D eigenvalue weighted by molar-refractivity contribution is 0.0624. The van der Waals surface area contributed by atoms with Crippen molar-refractivity contribution in [3.05, 3.63) is 34.9 Å². The number of nitrogens with one attached hydrogen (secondary N) is 1. The molecule has 1 heterocycles. The van der Waals surface area contributed by atoms with Gasteiger partial charge in [0.15, 0.2) is 0 Å². The van der Waals surface area contributed by atoms with Gasteiger partial charge in [-0.1, -0.05) is 17.9 Å². The summed E-state index contributed by atoms with van der Waals surface area (Å²) >= 11 is 0. The van der Waals surface area contributed by atoms with Gasteiger partial charge in [0.25, 0.3) is 5.91 Å². The summed E-state index contributed by atoms with van der Waals surface area (Å²) in [5.74, 6) is 5.81. The third kappa shape index (κ3) is 4.32. The maximum Gasteiger partial charge on any atom is 0.251 e. The van der Waals surface area contributed by atoms with Crippen molar-refractivity contribution in [3.63, 3.8) is 0 Å². The molecule has 1 atom stereocenters. The summed E-state index contributed by atoms with van der Waals surface area (Å²) in [4.78, 5) is 12.4. The molecule has 0 radical (unpaired) electrons. The minimum absolute atomic E-state index is 0.0495. The molecule has 0 spiro atoms. The van der Waals surface area contributed by atoms with E-state index in [0.717, 1.165) is 30.6 Å². The first-order valence-electron chi connectivity index (χ1n) is 7.30. The number of ether oxygens (including phenoxy) is 1. The summed E-state index contributed by atoms with van der Waals surface area (Å²) < 4.78 is 5.38. The Kier molecular flexibility index (Phi) is 5.79. The molecule has 2 N–H and O–H groups in total. The number of carbonyl (C=O) groups excluding carboxylic acids is 1. The highest BCUT2D eigenvalue weighted by Crippen LogP contribution is 2.14. The molecule has 0 bridgehead atoms. The van der Waals surface area contributed by atoms with E-state index in [2.05, 4.69) is 17.2 Å². The normalized spacial score (nSPS) is 17.7. The van der Waals surface area contributed by atoms with E-state index in [-0.39, 0.29) is 18.6 Å². The minimum Gasteiger partial charge on any atom is -0.395 e. The van der Waals surface area contributed by atoms with Crippen LogP contribution < -0.4 is 5.32 Å². The number of aliphatic hydroxyl groups is 1. The molecule has 1 unspecified atom stereocenters. The Balaban J connectivity index is 2.10. The smallest absolute Gasteiger partial charge is 0.251 e. The van der Waals surface area contributed by atoms with E-state index in [1.54, 1.807) is 0 Å². The standard InChI is InChI=1S/C17H21NO3/c1-13-14(6-2-3-10-19)7-4-9-16(13)17(20)18-15-8-5-11-21-12-15/h4,7,9,15,19H,3,5,8,10-12H2,1H3,(H,18,20). The molecule has 1 aromatic rings. The molecule has 1 aliphatic heterocycles. The van der Waals surface area contributed by atoms with E-state index < -0.39 is 0 Å². The number of aliphatic hydroxyl groups excluding tert-OH is 1. The van der Waals surface area contributed by atoms with E-state index >= 15 is 0 Å². The van der Waals surface area contributed by atoms with Crippen LogP contribution in [-0.2, 0) is 4.74 Å². The summed E-state index contributed by atoms with van der Waals surface area (Å²) in [6.45, 7) is 3.31. The third-order valence-electron chi connectivity index (χ3n) is 3.53. The molecule has 1 aromatic carbocycles. The highest BCUT2D eigenvalue weighted by molar-refractivity contribution is 5.96. The van der Waals surface area contributed by atoms with Gasteiger partial charge in [0.2, 0.25) is 0 Å². The number of benzene rings is 1. The molecule has 0 aliphatic carbocycles. The average Bonchev–Trinajstić information content (AvgIpc) is 2.50. The second kappa shape index (κ2) is 7.82. The number of hydrogen-bond acceptors (Lipinski definition) is 3. The Hall–Kier alpha value is -1.83. The van der Waals surface area contributed by atoms with Gasteiger partial charge in [-0.25, -0.2) is 0 Å². The average molecular weight is 287 g/mol. The zero-order valence-corrected chi connectivity index (χ0v) is 12.3. The van der Waals surface area contributed by atoms with Gasteiger partial charge in [0.1, 0.15) is 0 Å². The molecule has 1 saturated heterocycles. The van der Waals surface area contributed by atoms with Gasteiger partial charge < -0.3 is 15.2 Å². The number of rotatable bonds is 3. The first kappa shape index (κ1) is 15.6. The molecule has 1 fully saturated rings. The predicted octanol–water partition coefficient (Wildman–Crippen LogP) is 1.64. The second-order valence-electron chi connectivity index (χ2n) is 5.14. The van der Waals surface area contributed by atoms with Crippen molar-refractivity contribution < 1.29 is 14.6 Å².